The number of hydrogen-bond acceptors (Lipinski definition) is 3. The van der Waals surface area contributed by atoms with Gasteiger partial charge in [0, 0.05) is 22.3 Å². The van der Waals surface area contributed by atoms with E-state index in [4.69, 9.17) is 23.1 Å². The lowest BCUT2D eigenvalue weighted by molar-refractivity contribution is -0.119. The van der Waals surface area contributed by atoms with Crippen molar-refractivity contribution in [3.8, 4) is 0 Å². The minimum Gasteiger partial charge on any atom is -0.395 e. The summed E-state index contributed by atoms with van der Waals surface area (Å²) in [6, 6.07) is 4.64. The van der Waals surface area contributed by atoms with E-state index in [-0.39, 0.29) is 17.2 Å². The molecule has 106 valence electrons. The van der Waals surface area contributed by atoms with Crippen molar-refractivity contribution < 1.29 is 18.3 Å². The van der Waals surface area contributed by atoms with Crippen molar-refractivity contribution in [2.45, 2.75) is 6.18 Å². The second-order valence-corrected chi connectivity index (χ2v) is 5.14. The van der Waals surface area contributed by atoms with Crippen molar-refractivity contribution in [2.75, 3.05) is 24.6 Å². The second-order valence-electron chi connectivity index (χ2n) is 3.79. The Balaban J connectivity index is 3.18. The second kappa shape index (κ2) is 6.53. The summed E-state index contributed by atoms with van der Waals surface area (Å²) >= 11 is 8.05. The molecule has 0 amide bonds. The van der Waals surface area contributed by atoms with Gasteiger partial charge in [0.05, 0.1) is 6.61 Å². The number of hydrogen-bond donors (Lipinski definition) is 2. The molecule has 0 bridgehead atoms. The topological polar surface area (TPSA) is 49.5 Å². The molecular weight excluding hydrogens is 345 g/mol. The summed E-state index contributed by atoms with van der Waals surface area (Å²) in [5, 5.41) is 8.90. The van der Waals surface area contributed by atoms with Gasteiger partial charge in [-0.1, -0.05) is 28.1 Å². The van der Waals surface area contributed by atoms with Crippen LogP contribution in [0.4, 0.5) is 18.9 Å². The summed E-state index contributed by atoms with van der Waals surface area (Å²) < 4.78 is 38.3. The zero-order valence-corrected chi connectivity index (χ0v) is 12.1. The van der Waals surface area contributed by atoms with Gasteiger partial charge < -0.3 is 15.7 Å². The average Bonchev–Trinajstić information content (AvgIpc) is 2.26. The van der Waals surface area contributed by atoms with Crippen molar-refractivity contribution in [3.05, 3.63) is 28.2 Å². The monoisotopic (exact) mass is 356 g/mol. The van der Waals surface area contributed by atoms with Crippen LogP contribution in [0.2, 0.25) is 0 Å². The van der Waals surface area contributed by atoms with Crippen molar-refractivity contribution in [1.29, 1.82) is 0 Å². The lowest BCUT2D eigenvalue weighted by Gasteiger charge is -2.27. The number of halogens is 4. The Hall–Kier alpha value is -0.860. The molecule has 0 atom stereocenters. The van der Waals surface area contributed by atoms with Gasteiger partial charge in [-0.05, 0) is 18.2 Å². The van der Waals surface area contributed by atoms with Gasteiger partial charge in [0.2, 0.25) is 0 Å². The maximum absolute atomic E-state index is 12.5. The van der Waals surface area contributed by atoms with E-state index in [2.05, 4.69) is 15.9 Å². The Labute approximate surface area is 122 Å². The van der Waals surface area contributed by atoms with E-state index in [1.54, 1.807) is 12.1 Å². The van der Waals surface area contributed by atoms with E-state index in [1.807, 2.05) is 0 Å². The Bertz CT molecular complexity index is 468. The Kier molecular flexibility index (Phi) is 5.57. The first-order valence-corrected chi connectivity index (χ1v) is 6.46. The number of rotatable bonds is 5. The minimum atomic E-state index is -4.38. The van der Waals surface area contributed by atoms with Gasteiger partial charge in [-0.3, -0.25) is 0 Å². The van der Waals surface area contributed by atoms with Gasteiger partial charge >= 0.3 is 6.18 Å². The molecule has 19 heavy (non-hydrogen) atoms. The third kappa shape index (κ3) is 4.96. The number of thiocarbonyl (C=S) groups is 1. The summed E-state index contributed by atoms with van der Waals surface area (Å²) in [6.45, 7) is -1.73. The molecule has 0 spiro atoms. The molecule has 0 saturated heterocycles. The summed E-state index contributed by atoms with van der Waals surface area (Å²) in [4.78, 5) is 1.00. The highest BCUT2D eigenvalue weighted by atomic mass is 79.9. The quantitative estimate of drug-likeness (QED) is 0.795. The lowest BCUT2D eigenvalue weighted by Crippen LogP contribution is -2.37. The lowest BCUT2D eigenvalue weighted by atomic mass is 10.1. The molecule has 0 radical (unpaired) electrons. The van der Waals surface area contributed by atoms with Crippen LogP contribution in [0.1, 0.15) is 5.56 Å². The van der Waals surface area contributed by atoms with Gasteiger partial charge in [0.15, 0.2) is 0 Å². The zero-order chi connectivity index (χ0) is 14.6. The standard InChI is InChI=1S/C11H12BrF3N2OS/c12-7-1-2-9(8(5-7)10(16)19)17(3-4-18)6-11(13,14)15/h1-2,5,18H,3-4,6H2,(H2,16,19). The molecule has 1 rings (SSSR count). The zero-order valence-electron chi connectivity index (χ0n) is 9.75. The average molecular weight is 357 g/mol. The SMILES string of the molecule is NC(=S)c1cc(Br)ccc1N(CCO)CC(F)(F)F. The van der Waals surface area contributed by atoms with Gasteiger partial charge in [-0.15, -0.1) is 0 Å². The number of nitrogens with two attached hydrogens (primary N) is 1. The van der Waals surface area contributed by atoms with Crippen LogP contribution in [-0.4, -0.2) is 36.0 Å². The summed E-state index contributed by atoms with van der Waals surface area (Å²) in [7, 11) is 0. The van der Waals surface area contributed by atoms with E-state index >= 15 is 0 Å². The van der Waals surface area contributed by atoms with E-state index < -0.39 is 19.3 Å². The fourth-order valence-corrected chi connectivity index (χ4v) is 2.13. The summed E-state index contributed by atoms with van der Waals surface area (Å²) in [5.41, 5.74) is 6.11. The summed E-state index contributed by atoms with van der Waals surface area (Å²) in [6.07, 6.45) is -4.38. The van der Waals surface area contributed by atoms with E-state index in [0.29, 0.717) is 10.0 Å². The van der Waals surface area contributed by atoms with E-state index in [1.165, 1.54) is 6.07 Å². The van der Waals surface area contributed by atoms with E-state index in [0.717, 1.165) is 4.90 Å². The molecule has 0 fully saturated rings. The molecule has 0 saturated carbocycles. The highest BCUT2D eigenvalue weighted by molar-refractivity contribution is 9.10. The van der Waals surface area contributed by atoms with Crippen LogP contribution in [0, 0.1) is 0 Å². The van der Waals surface area contributed by atoms with Crippen molar-refractivity contribution in [3.63, 3.8) is 0 Å². The summed E-state index contributed by atoms with van der Waals surface area (Å²) in [5.74, 6) is 0. The number of aliphatic hydroxyl groups excluding tert-OH is 1. The number of aliphatic hydroxyl groups is 1. The normalized spacial score (nSPS) is 11.4. The molecule has 0 aliphatic heterocycles. The van der Waals surface area contributed by atoms with Crippen molar-refractivity contribution in [1.82, 2.24) is 0 Å². The van der Waals surface area contributed by atoms with Crippen LogP contribution in [0.5, 0.6) is 0 Å². The predicted molar refractivity (Wildman–Crippen MR) is 75.4 cm³/mol. The molecule has 0 aliphatic rings. The number of alkyl halides is 3. The molecule has 0 unspecified atom stereocenters. The van der Waals surface area contributed by atoms with Crippen LogP contribution in [0.3, 0.4) is 0 Å². The van der Waals surface area contributed by atoms with E-state index in [9.17, 15) is 13.2 Å². The highest BCUT2D eigenvalue weighted by Crippen LogP contribution is 2.27. The smallest absolute Gasteiger partial charge is 0.395 e. The predicted octanol–water partition coefficient (Wildman–Crippen LogP) is 2.44. The Morgan fingerprint density at radius 1 is 1.42 bits per heavy atom. The molecule has 3 N–H and O–H groups in total. The Morgan fingerprint density at radius 3 is 2.53 bits per heavy atom. The maximum atomic E-state index is 12.5. The minimum absolute atomic E-state index is 0.00131. The Morgan fingerprint density at radius 2 is 2.05 bits per heavy atom. The molecule has 1 aromatic carbocycles. The first-order chi connectivity index (χ1) is 8.74. The van der Waals surface area contributed by atoms with Crippen molar-refractivity contribution in [2.24, 2.45) is 5.73 Å². The van der Waals surface area contributed by atoms with Gasteiger partial charge in [-0.2, -0.15) is 13.2 Å². The van der Waals surface area contributed by atoms with Gasteiger partial charge in [0.1, 0.15) is 11.5 Å². The number of anilines is 1. The third-order valence-electron chi connectivity index (χ3n) is 2.30. The number of nitrogens with zero attached hydrogens (tertiary/aromatic N) is 1. The molecule has 0 aliphatic carbocycles. The van der Waals surface area contributed by atoms with Crippen LogP contribution in [0.15, 0.2) is 22.7 Å². The molecule has 1 aromatic rings. The number of benzene rings is 1. The molecular formula is C11H12BrF3N2OS. The van der Waals surface area contributed by atoms with Gasteiger partial charge in [-0.25, -0.2) is 0 Å². The first-order valence-electron chi connectivity index (χ1n) is 5.26. The van der Waals surface area contributed by atoms with Gasteiger partial charge in [0.25, 0.3) is 0 Å². The van der Waals surface area contributed by atoms with Crippen LogP contribution in [-0.2, 0) is 0 Å². The fourth-order valence-electron chi connectivity index (χ4n) is 1.60. The van der Waals surface area contributed by atoms with Crippen molar-refractivity contribution >= 4 is 38.8 Å². The van der Waals surface area contributed by atoms with Crippen LogP contribution >= 0.6 is 28.1 Å². The molecule has 8 heteroatoms. The largest absolute Gasteiger partial charge is 0.405 e. The highest BCUT2D eigenvalue weighted by Gasteiger charge is 2.31. The third-order valence-corrected chi connectivity index (χ3v) is 3.02. The molecule has 0 heterocycles. The van der Waals surface area contributed by atoms with Crippen LogP contribution < -0.4 is 10.6 Å². The van der Waals surface area contributed by atoms with Crippen LogP contribution in [0.25, 0.3) is 0 Å². The maximum Gasteiger partial charge on any atom is 0.405 e. The first kappa shape index (κ1) is 16.2. The molecule has 3 nitrogen and oxygen atoms in total. The fraction of sp³-hybridized carbons (Fsp3) is 0.364. The molecule has 0 aromatic heterocycles.